The molecule has 0 fully saturated rings. The van der Waals surface area contributed by atoms with Gasteiger partial charge in [-0.25, -0.2) is 0 Å². The molecule has 0 aromatic carbocycles. The van der Waals surface area contributed by atoms with Crippen molar-refractivity contribution in [2.24, 2.45) is 17.6 Å². The molecule has 0 aromatic rings. The summed E-state index contributed by atoms with van der Waals surface area (Å²) in [5.74, 6) is -0.0551. The molecule has 0 aliphatic heterocycles. The Kier molecular flexibility index (Phi) is 7.30. The highest BCUT2D eigenvalue weighted by atomic mass is 32.1. The van der Waals surface area contributed by atoms with Gasteiger partial charge < -0.3 is 10.6 Å². The maximum Gasteiger partial charge on any atom is 0.232 e. The van der Waals surface area contributed by atoms with E-state index in [9.17, 15) is 4.79 Å². The van der Waals surface area contributed by atoms with Crippen molar-refractivity contribution in [3.05, 3.63) is 0 Å². The van der Waals surface area contributed by atoms with E-state index in [-0.39, 0.29) is 17.7 Å². The minimum atomic E-state index is -0.312. The van der Waals surface area contributed by atoms with Crippen LogP contribution in [0.2, 0.25) is 0 Å². The van der Waals surface area contributed by atoms with Crippen LogP contribution in [0.4, 0.5) is 0 Å². The fourth-order valence-electron chi connectivity index (χ4n) is 1.80. The van der Waals surface area contributed by atoms with Crippen LogP contribution in [-0.2, 0) is 4.79 Å². The van der Waals surface area contributed by atoms with Gasteiger partial charge in [-0.15, -0.1) is 0 Å². The third kappa shape index (κ3) is 4.47. The van der Waals surface area contributed by atoms with Crippen molar-refractivity contribution in [2.45, 2.75) is 40.5 Å². The van der Waals surface area contributed by atoms with E-state index in [1.165, 1.54) is 0 Å². The Labute approximate surface area is 104 Å². The Bertz CT molecular complexity index is 235. The Morgan fingerprint density at radius 1 is 1.25 bits per heavy atom. The molecule has 0 saturated carbocycles. The predicted molar refractivity (Wildman–Crippen MR) is 72.3 cm³/mol. The predicted octanol–water partition coefficient (Wildman–Crippen LogP) is 2.19. The summed E-state index contributed by atoms with van der Waals surface area (Å²) in [5, 5.41) is 0. The highest BCUT2D eigenvalue weighted by molar-refractivity contribution is 7.80. The zero-order valence-corrected chi connectivity index (χ0v) is 11.6. The van der Waals surface area contributed by atoms with Crippen molar-refractivity contribution in [3.63, 3.8) is 0 Å². The van der Waals surface area contributed by atoms with E-state index in [0.29, 0.717) is 4.99 Å². The summed E-state index contributed by atoms with van der Waals surface area (Å²) in [6.07, 6.45) is 1.93. The Hall–Kier alpha value is -0.640. The van der Waals surface area contributed by atoms with E-state index >= 15 is 0 Å². The van der Waals surface area contributed by atoms with Crippen molar-refractivity contribution in [3.8, 4) is 0 Å². The average molecular weight is 244 g/mol. The first kappa shape index (κ1) is 15.4. The third-order valence-electron chi connectivity index (χ3n) is 2.54. The van der Waals surface area contributed by atoms with Crippen LogP contribution in [0, 0.1) is 11.8 Å². The summed E-state index contributed by atoms with van der Waals surface area (Å²) in [6, 6.07) is 0. The maximum absolute atomic E-state index is 12.3. The number of carbonyl (C=O) groups is 1. The van der Waals surface area contributed by atoms with Crippen molar-refractivity contribution in [2.75, 3.05) is 13.1 Å². The average Bonchev–Trinajstić information content (AvgIpc) is 2.16. The molecule has 4 heteroatoms. The summed E-state index contributed by atoms with van der Waals surface area (Å²) in [7, 11) is 0. The standard InChI is InChI=1S/C12H24N2OS/c1-5-7-14(8-6-2)12(15)10(9(3)4)11(13)16/h9-10H,5-8H2,1-4H3,(H2,13,16). The van der Waals surface area contributed by atoms with Gasteiger partial charge >= 0.3 is 0 Å². The van der Waals surface area contributed by atoms with Gasteiger partial charge in [0.15, 0.2) is 0 Å². The third-order valence-corrected chi connectivity index (χ3v) is 2.79. The molecule has 0 aliphatic carbocycles. The van der Waals surface area contributed by atoms with Gasteiger partial charge in [-0.3, -0.25) is 4.79 Å². The highest BCUT2D eigenvalue weighted by Gasteiger charge is 2.28. The van der Waals surface area contributed by atoms with E-state index in [2.05, 4.69) is 13.8 Å². The molecule has 0 spiro atoms. The number of nitrogens with zero attached hydrogens (tertiary/aromatic N) is 1. The van der Waals surface area contributed by atoms with Crippen LogP contribution < -0.4 is 5.73 Å². The molecule has 1 atom stereocenters. The molecule has 3 nitrogen and oxygen atoms in total. The molecule has 1 amide bonds. The second kappa shape index (κ2) is 7.60. The Morgan fingerprint density at radius 2 is 1.69 bits per heavy atom. The van der Waals surface area contributed by atoms with Crippen molar-refractivity contribution < 1.29 is 4.79 Å². The second-order valence-electron chi connectivity index (χ2n) is 4.45. The van der Waals surface area contributed by atoms with Crippen LogP contribution in [0.25, 0.3) is 0 Å². The summed E-state index contributed by atoms with van der Waals surface area (Å²) in [4.78, 5) is 14.5. The minimum Gasteiger partial charge on any atom is -0.393 e. The van der Waals surface area contributed by atoms with E-state index < -0.39 is 0 Å². The topological polar surface area (TPSA) is 46.3 Å². The first-order chi connectivity index (χ1) is 7.45. The Morgan fingerprint density at radius 3 is 1.94 bits per heavy atom. The van der Waals surface area contributed by atoms with Crippen LogP contribution in [0.3, 0.4) is 0 Å². The quantitative estimate of drug-likeness (QED) is 0.698. The summed E-state index contributed by atoms with van der Waals surface area (Å²) >= 11 is 4.99. The zero-order valence-electron chi connectivity index (χ0n) is 10.8. The van der Waals surface area contributed by atoms with Gasteiger partial charge in [-0.1, -0.05) is 39.9 Å². The van der Waals surface area contributed by atoms with Crippen LogP contribution in [-0.4, -0.2) is 28.9 Å². The molecule has 2 N–H and O–H groups in total. The van der Waals surface area contributed by atoms with Gasteiger partial charge in [-0.05, 0) is 18.8 Å². The fraction of sp³-hybridized carbons (Fsp3) is 0.833. The molecular formula is C12H24N2OS. The molecule has 0 heterocycles. The van der Waals surface area contributed by atoms with Gasteiger partial charge in [0.25, 0.3) is 0 Å². The monoisotopic (exact) mass is 244 g/mol. The van der Waals surface area contributed by atoms with Crippen LogP contribution >= 0.6 is 12.2 Å². The molecule has 0 bridgehead atoms. The molecule has 0 radical (unpaired) electrons. The highest BCUT2D eigenvalue weighted by Crippen LogP contribution is 2.15. The number of nitrogens with two attached hydrogens (primary N) is 1. The number of rotatable bonds is 7. The van der Waals surface area contributed by atoms with E-state index in [0.717, 1.165) is 25.9 Å². The molecular weight excluding hydrogens is 220 g/mol. The lowest BCUT2D eigenvalue weighted by molar-refractivity contribution is -0.134. The smallest absolute Gasteiger partial charge is 0.232 e. The number of thiocarbonyl (C=S) groups is 1. The van der Waals surface area contributed by atoms with Crippen molar-refractivity contribution in [1.82, 2.24) is 4.90 Å². The second-order valence-corrected chi connectivity index (χ2v) is 4.92. The number of hydrogen-bond donors (Lipinski definition) is 1. The molecule has 1 unspecified atom stereocenters. The maximum atomic E-state index is 12.3. The number of amides is 1. The van der Waals surface area contributed by atoms with Gasteiger partial charge in [0.2, 0.25) is 5.91 Å². The van der Waals surface area contributed by atoms with Gasteiger partial charge in [-0.2, -0.15) is 0 Å². The summed E-state index contributed by atoms with van der Waals surface area (Å²) in [6.45, 7) is 9.69. The van der Waals surface area contributed by atoms with Gasteiger partial charge in [0, 0.05) is 13.1 Å². The largest absolute Gasteiger partial charge is 0.393 e. The molecule has 0 aliphatic rings. The van der Waals surface area contributed by atoms with Crippen molar-refractivity contribution in [1.29, 1.82) is 0 Å². The van der Waals surface area contributed by atoms with E-state index in [1.54, 1.807) is 0 Å². The molecule has 16 heavy (non-hydrogen) atoms. The fourth-order valence-corrected chi connectivity index (χ4v) is 2.18. The van der Waals surface area contributed by atoms with Crippen LogP contribution in [0.1, 0.15) is 40.5 Å². The van der Waals surface area contributed by atoms with E-state index in [1.807, 2.05) is 18.7 Å². The number of carbonyl (C=O) groups excluding carboxylic acids is 1. The van der Waals surface area contributed by atoms with Gasteiger partial charge in [0.05, 0.1) is 10.9 Å². The lowest BCUT2D eigenvalue weighted by Crippen LogP contribution is -2.44. The minimum absolute atomic E-state index is 0.0891. The molecule has 0 aromatic heterocycles. The molecule has 94 valence electrons. The number of hydrogen-bond acceptors (Lipinski definition) is 2. The Balaban J connectivity index is 4.72. The van der Waals surface area contributed by atoms with Crippen LogP contribution in [0.15, 0.2) is 0 Å². The lowest BCUT2D eigenvalue weighted by Gasteiger charge is -2.28. The van der Waals surface area contributed by atoms with Gasteiger partial charge in [0.1, 0.15) is 0 Å². The van der Waals surface area contributed by atoms with E-state index in [4.69, 9.17) is 18.0 Å². The van der Waals surface area contributed by atoms with Crippen LogP contribution in [0.5, 0.6) is 0 Å². The summed E-state index contributed by atoms with van der Waals surface area (Å²) in [5.41, 5.74) is 5.65. The zero-order chi connectivity index (χ0) is 12.7. The molecule has 0 saturated heterocycles. The first-order valence-corrected chi connectivity index (χ1v) is 6.44. The normalized spacial score (nSPS) is 12.6. The SMILES string of the molecule is CCCN(CCC)C(=O)C(C(N)=S)C(C)C. The summed E-state index contributed by atoms with van der Waals surface area (Å²) < 4.78 is 0. The van der Waals surface area contributed by atoms with Crippen molar-refractivity contribution >= 4 is 23.1 Å². The first-order valence-electron chi connectivity index (χ1n) is 6.03. The lowest BCUT2D eigenvalue weighted by atomic mass is 9.94. The molecule has 0 rings (SSSR count).